The summed E-state index contributed by atoms with van der Waals surface area (Å²) in [6, 6.07) is 0. The molecule has 0 spiro atoms. The van der Waals surface area contributed by atoms with Crippen LogP contribution in [-0.2, 0) is 9.59 Å². The maximum atomic E-state index is 12.1. The van der Waals surface area contributed by atoms with Crippen LogP contribution < -0.4 is 5.32 Å². The minimum absolute atomic E-state index is 0.0993. The lowest BCUT2D eigenvalue weighted by molar-refractivity contribution is -0.147. The van der Waals surface area contributed by atoms with E-state index in [2.05, 4.69) is 12.2 Å². The summed E-state index contributed by atoms with van der Waals surface area (Å²) in [5.74, 6) is -1.94. The first-order valence-corrected chi connectivity index (χ1v) is 8.32. The fourth-order valence-electron chi connectivity index (χ4n) is 2.80. The second-order valence-electron chi connectivity index (χ2n) is 5.91. The number of rotatable bonds is 10. The van der Waals surface area contributed by atoms with Crippen LogP contribution in [0.25, 0.3) is 0 Å². The van der Waals surface area contributed by atoms with Crippen LogP contribution in [0.15, 0.2) is 12.2 Å². The lowest BCUT2D eigenvalue weighted by atomic mass is 9.82. The standard InChI is InChI=1S/C17H29NO3/c1-2-3-4-5-6-7-10-13-18-16(19)14-11-8-9-12-15(14)17(20)21/h8-9,14-15H,2-7,10-13H2,1H3,(H,18,19)(H,20,21). The quantitative estimate of drug-likeness (QED) is 0.478. The van der Waals surface area contributed by atoms with Gasteiger partial charge >= 0.3 is 5.97 Å². The highest BCUT2D eigenvalue weighted by molar-refractivity contribution is 5.85. The molecule has 1 aliphatic rings. The zero-order chi connectivity index (χ0) is 15.5. The zero-order valence-electron chi connectivity index (χ0n) is 13.1. The Bertz CT molecular complexity index is 352. The summed E-state index contributed by atoms with van der Waals surface area (Å²) >= 11 is 0. The third kappa shape index (κ3) is 6.78. The monoisotopic (exact) mass is 295 g/mol. The largest absolute Gasteiger partial charge is 0.481 e. The van der Waals surface area contributed by atoms with E-state index in [4.69, 9.17) is 5.11 Å². The summed E-state index contributed by atoms with van der Waals surface area (Å²) in [6.07, 6.45) is 13.3. The molecule has 2 unspecified atom stereocenters. The number of nitrogens with one attached hydrogen (secondary N) is 1. The molecule has 2 atom stereocenters. The molecule has 0 bridgehead atoms. The third-order valence-corrected chi connectivity index (χ3v) is 4.17. The van der Waals surface area contributed by atoms with Crippen molar-refractivity contribution >= 4 is 11.9 Å². The van der Waals surface area contributed by atoms with E-state index in [0.29, 0.717) is 19.4 Å². The molecular formula is C17H29NO3. The molecule has 0 heterocycles. The Balaban J connectivity index is 2.15. The van der Waals surface area contributed by atoms with Crippen molar-refractivity contribution in [2.24, 2.45) is 11.8 Å². The molecule has 4 heteroatoms. The van der Waals surface area contributed by atoms with E-state index >= 15 is 0 Å². The first-order chi connectivity index (χ1) is 10.2. The van der Waals surface area contributed by atoms with E-state index in [9.17, 15) is 9.59 Å². The van der Waals surface area contributed by atoms with Gasteiger partial charge in [0.25, 0.3) is 0 Å². The van der Waals surface area contributed by atoms with Gasteiger partial charge in [0, 0.05) is 6.54 Å². The molecule has 21 heavy (non-hydrogen) atoms. The van der Waals surface area contributed by atoms with Gasteiger partial charge in [-0.05, 0) is 19.3 Å². The van der Waals surface area contributed by atoms with Crippen LogP contribution >= 0.6 is 0 Å². The van der Waals surface area contributed by atoms with Gasteiger partial charge < -0.3 is 10.4 Å². The molecule has 0 aromatic rings. The van der Waals surface area contributed by atoms with Gasteiger partial charge in [-0.25, -0.2) is 0 Å². The fourth-order valence-corrected chi connectivity index (χ4v) is 2.80. The van der Waals surface area contributed by atoms with Gasteiger partial charge in [0.1, 0.15) is 0 Å². The topological polar surface area (TPSA) is 66.4 Å². The summed E-state index contributed by atoms with van der Waals surface area (Å²) in [5, 5.41) is 12.1. The number of carbonyl (C=O) groups excluding carboxylic acids is 1. The second kappa shape index (κ2) is 10.4. The van der Waals surface area contributed by atoms with Crippen molar-refractivity contribution in [2.45, 2.75) is 64.7 Å². The number of carboxylic acids is 1. The van der Waals surface area contributed by atoms with Gasteiger partial charge in [-0.1, -0.05) is 57.6 Å². The first-order valence-electron chi connectivity index (χ1n) is 8.32. The average Bonchev–Trinajstić information content (AvgIpc) is 2.49. The van der Waals surface area contributed by atoms with Crippen molar-refractivity contribution in [3.05, 3.63) is 12.2 Å². The molecule has 0 fully saturated rings. The number of amides is 1. The normalized spacial score (nSPS) is 21.2. The number of unbranched alkanes of at least 4 members (excludes halogenated alkanes) is 6. The maximum Gasteiger partial charge on any atom is 0.307 e. The highest BCUT2D eigenvalue weighted by atomic mass is 16.4. The SMILES string of the molecule is CCCCCCCCCNC(=O)C1CC=CCC1C(=O)O. The van der Waals surface area contributed by atoms with Crippen LogP contribution in [0.3, 0.4) is 0 Å². The molecule has 4 nitrogen and oxygen atoms in total. The minimum atomic E-state index is -0.865. The second-order valence-corrected chi connectivity index (χ2v) is 5.91. The Morgan fingerprint density at radius 3 is 2.19 bits per heavy atom. The molecule has 120 valence electrons. The van der Waals surface area contributed by atoms with Crippen molar-refractivity contribution in [3.63, 3.8) is 0 Å². The molecule has 2 N–H and O–H groups in total. The van der Waals surface area contributed by atoms with Crippen LogP contribution in [0.5, 0.6) is 0 Å². The molecular weight excluding hydrogens is 266 g/mol. The molecule has 1 aliphatic carbocycles. The van der Waals surface area contributed by atoms with Crippen LogP contribution in [0.4, 0.5) is 0 Å². The average molecular weight is 295 g/mol. The minimum Gasteiger partial charge on any atom is -0.481 e. The Morgan fingerprint density at radius 2 is 1.57 bits per heavy atom. The predicted molar refractivity (Wildman–Crippen MR) is 84.0 cm³/mol. The van der Waals surface area contributed by atoms with Gasteiger partial charge in [-0.15, -0.1) is 0 Å². The highest BCUT2D eigenvalue weighted by Crippen LogP contribution is 2.25. The Hall–Kier alpha value is -1.32. The van der Waals surface area contributed by atoms with E-state index in [-0.39, 0.29) is 5.91 Å². The first kappa shape index (κ1) is 17.7. The lowest BCUT2D eigenvalue weighted by Crippen LogP contribution is -2.39. The van der Waals surface area contributed by atoms with Crippen molar-refractivity contribution in [1.29, 1.82) is 0 Å². The summed E-state index contributed by atoms with van der Waals surface area (Å²) in [7, 11) is 0. The summed E-state index contributed by atoms with van der Waals surface area (Å²) in [4.78, 5) is 23.2. The van der Waals surface area contributed by atoms with Gasteiger partial charge in [-0.3, -0.25) is 9.59 Å². The fraction of sp³-hybridized carbons (Fsp3) is 0.765. The summed E-state index contributed by atoms with van der Waals surface area (Å²) in [6.45, 7) is 2.87. The number of allylic oxidation sites excluding steroid dienone is 2. The maximum absolute atomic E-state index is 12.1. The molecule has 0 aromatic carbocycles. The number of carbonyl (C=O) groups is 2. The van der Waals surface area contributed by atoms with Gasteiger partial charge in [0.15, 0.2) is 0 Å². The van der Waals surface area contributed by atoms with Crippen molar-refractivity contribution in [1.82, 2.24) is 5.32 Å². The van der Waals surface area contributed by atoms with E-state index in [1.54, 1.807) is 0 Å². The Kier molecular flexibility index (Phi) is 8.79. The van der Waals surface area contributed by atoms with Crippen LogP contribution in [0.2, 0.25) is 0 Å². The molecule has 1 rings (SSSR count). The Morgan fingerprint density at radius 1 is 1.00 bits per heavy atom. The molecule has 1 amide bonds. The van der Waals surface area contributed by atoms with Crippen LogP contribution in [0, 0.1) is 11.8 Å². The molecule has 0 saturated heterocycles. The molecule has 0 aromatic heterocycles. The number of hydrogen-bond acceptors (Lipinski definition) is 2. The Labute approximate surface area is 128 Å². The van der Waals surface area contributed by atoms with Crippen molar-refractivity contribution < 1.29 is 14.7 Å². The summed E-state index contributed by atoms with van der Waals surface area (Å²) < 4.78 is 0. The predicted octanol–water partition coefficient (Wildman–Crippen LogP) is 3.52. The lowest BCUT2D eigenvalue weighted by Gasteiger charge is -2.24. The summed E-state index contributed by atoms with van der Waals surface area (Å²) in [5.41, 5.74) is 0. The van der Waals surface area contributed by atoms with Crippen LogP contribution in [-0.4, -0.2) is 23.5 Å². The van der Waals surface area contributed by atoms with Gasteiger partial charge in [0.2, 0.25) is 5.91 Å². The number of hydrogen-bond donors (Lipinski definition) is 2. The highest BCUT2D eigenvalue weighted by Gasteiger charge is 2.33. The van der Waals surface area contributed by atoms with Gasteiger partial charge in [-0.2, -0.15) is 0 Å². The van der Waals surface area contributed by atoms with Crippen LogP contribution in [0.1, 0.15) is 64.7 Å². The van der Waals surface area contributed by atoms with E-state index < -0.39 is 17.8 Å². The van der Waals surface area contributed by atoms with E-state index in [1.165, 1.54) is 32.1 Å². The molecule has 0 radical (unpaired) electrons. The van der Waals surface area contributed by atoms with Gasteiger partial charge in [0.05, 0.1) is 11.8 Å². The van der Waals surface area contributed by atoms with E-state index in [0.717, 1.165) is 12.8 Å². The smallest absolute Gasteiger partial charge is 0.307 e. The molecule has 0 aliphatic heterocycles. The van der Waals surface area contributed by atoms with Crippen molar-refractivity contribution in [3.8, 4) is 0 Å². The van der Waals surface area contributed by atoms with Crippen molar-refractivity contribution in [2.75, 3.05) is 6.54 Å². The zero-order valence-corrected chi connectivity index (χ0v) is 13.1. The third-order valence-electron chi connectivity index (χ3n) is 4.17. The van der Waals surface area contributed by atoms with E-state index in [1.807, 2.05) is 12.2 Å². The number of carboxylic acid groups (broad SMARTS) is 1. The molecule has 0 saturated carbocycles. The number of aliphatic carboxylic acids is 1.